The molecule has 1 amide bonds. The molecule has 2 rings (SSSR count). The molecule has 0 aromatic heterocycles. The number of carbonyl (C=O) groups is 1. The fraction of sp³-hybridized carbons (Fsp3) is 0.263. The molecule has 0 bridgehead atoms. The van der Waals surface area contributed by atoms with Gasteiger partial charge < -0.3 is 15.5 Å². The second-order valence-corrected chi connectivity index (χ2v) is 5.68. The molecule has 0 atom stereocenters. The molecular formula is C19H23FN4O. The van der Waals surface area contributed by atoms with Gasteiger partial charge in [0, 0.05) is 27.2 Å². The van der Waals surface area contributed by atoms with Crippen LogP contribution >= 0.6 is 0 Å². The lowest BCUT2D eigenvalue weighted by Gasteiger charge is -2.18. The van der Waals surface area contributed by atoms with Crippen molar-refractivity contribution in [1.82, 2.24) is 15.5 Å². The lowest BCUT2D eigenvalue weighted by molar-refractivity contribution is 0.0950. The molecule has 25 heavy (non-hydrogen) atoms. The first kappa shape index (κ1) is 18.4. The van der Waals surface area contributed by atoms with Crippen LogP contribution in [0.2, 0.25) is 0 Å². The van der Waals surface area contributed by atoms with Gasteiger partial charge in [-0.05, 0) is 17.7 Å². The van der Waals surface area contributed by atoms with E-state index < -0.39 is 11.7 Å². The third kappa shape index (κ3) is 5.91. The number of hydrogen-bond acceptors (Lipinski definition) is 2. The lowest BCUT2D eigenvalue weighted by Crippen LogP contribution is -2.41. The second-order valence-electron chi connectivity index (χ2n) is 5.68. The van der Waals surface area contributed by atoms with Crippen LogP contribution in [-0.2, 0) is 6.54 Å². The molecule has 5 nitrogen and oxygen atoms in total. The summed E-state index contributed by atoms with van der Waals surface area (Å²) in [6.45, 7) is 1.43. The van der Waals surface area contributed by atoms with Gasteiger partial charge in [0.05, 0.1) is 12.1 Å². The van der Waals surface area contributed by atoms with Gasteiger partial charge in [0.25, 0.3) is 5.91 Å². The third-order valence-corrected chi connectivity index (χ3v) is 3.49. The average Bonchev–Trinajstić information content (AvgIpc) is 2.61. The maximum Gasteiger partial charge on any atom is 0.254 e. The fourth-order valence-electron chi connectivity index (χ4n) is 2.20. The third-order valence-electron chi connectivity index (χ3n) is 3.49. The highest BCUT2D eigenvalue weighted by atomic mass is 19.1. The molecule has 0 spiro atoms. The molecular weight excluding hydrogens is 319 g/mol. The Kier molecular flexibility index (Phi) is 6.95. The van der Waals surface area contributed by atoms with Crippen LogP contribution in [0, 0.1) is 5.82 Å². The summed E-state index contributed by atoms with van der Waals surface area (Å²) in [5.74, 6) is -0.220. The number of benzene rings is 2. The van der Waals surface area contributed by atoms with Gasteiger partial charge in [0.15, 0.2) is 5.96 Å². The standard InChI is InChI=1S/C19H23FN4O/c1-24(2)19(23-14-15-8-4-3-5-9-15)22-13-12-21-18(25)16-10-6-7-11-17(16)20/h3-11H,12-14H2,1-2H3,(H,21,25)(H,22,23). The van der Waals surface area contributed by atoms with Crippen molar-refractivity contribution in [3.05, 3.63) is 71.5 Å². The number of nitrogens with one attached hydrogen (secondary N) is 2. The van der Waals surface area contributed by atoms with Crippen LogP contribution in [0.1, 0.15) is 15.9 Å². The van der Waals surface area contributed by atoms with Gasteiger partial charge >= 0.3 is 0 Å². The molecule has 0 saturated heterocycles. The van der Waals surface area contributed by atoms with Crippen LogP contribution in [-0.4, -0.2) is 44.0 Å². The Morgan fingerprint density at radius 2 is 1.64 bits per heavy atom. The summed E-state index contributed by atoms with van der Waals surface area (Å²) in [5, 5.41) is 5.87. The van der Waals surface area contributed by atoms with E-state index in [9.17, 15) is 9.18 Å². The lowest BCUT2D eigenvalue weighted by atomic mass is 10.2. The van der Waals surface area contributed by atoms with E-state index >= 15 is 0 Å². The molecule has 2 N–H and O–H groups in total. The van der Waals surface area contributed by atoms with Gasteiger partial charge in [0.1, 0.15) is 5.82 Å². The molecule has 0 aliphatic carbocycles. The molecule has 6 heteroatoms. The van der Waals surface area contributed by atoms with Gasteiger partial charge in [-0.15, -0.1) is 0 Å². The van der Waals surface area contributed by atoms with E-state index in [0.29, 0.717) is 19.6 Å². The van der Waals surface area contributed by atoms with Crippen LogP contribution in [0.3, 0.4) is 0 Å². The predicted octanol–water partition coefficient (Wildman–Crippen LogP) is 2.26. The molecule has 0 unspecified atom stereocenters. The van der Waals surface area contributed by atoms with Gasteiger partial charge in [-0.3, -0.25) is 4.79 Å². The fourth-order valence-corrected chi connectivity index (χ4v) is 2.20. The first-order valence-corrected chi connectivity index (χ1v) is 8.10. The number of carbonyl (C=O) groups excluding carboxylic acids is 1. The van der Waals surface area contributed by atoms with Crippen molar-refractivity contribution in [2.45, 2.75) is 6.54 Å². The smallest absolute Gasteiger partial charge is 0.254 e. The zero-order valence-corrected chi connectivity index (χ0v) is 14.5. The molecule has 0 saturated carbocycles. The number of halogens is 1. The Morgan fingerprint density at radius 3 is 2.32 bits per heavy atom. The Balaban J connectivity index is 1.81. The number of amides is 1. The summed E-state index contributed by atoms with van der Waals surface area (Å²) in [7, 11) is 3.80. The Labute approximate surface area is 147 Å². The predicted molar refractivity (Wildman–Crippen MR) is 98.0 cm³/mol. The molecule has 132 valence electrons. The largest absolute Gasteiger partial charge is 0.354 e. The van der Waals surface area contributed by atoms with Crippen molar-refractivity contribution < 1.29 is 9.18 Å². The first-order valence-electron chi connectivity index (χ1n) is 8.10. The summed E-state index contributed by atoms with van der Waals surface area (Å²) < 4.78 is 13.5. The number of guanidine groups is 1. The molecule has 0 radical (unpaired) electrons. The first-order chi connectivity index (χ1) is 12.1. The molecule has 0 aliphatic heterocycles. The minimum atomic E-state index is -0.522. The van der Waals surface area contributed by atoms with Crippen molar-refractivity contribution in [2.75, 3.05) is 27.2 Å². The van der Waals surface area contributed by atoms with Gasteiger partial charge in [-0.2, -0.15) is 0 Å². The molecule has 0 aliphatic rings. The van der Waals surface area contributed by atoms with Gasteiger partial charge in [-0.1, -0.05) is 42.5 Å². The maximum absolute atomic E-state index is 13.5. The zero-order chi connectivity index (χ0) is 18.1. The van der Waals surface area contributed by atoms with E-state index in [-0.39, 0.29) is 5.56 Å². The minimum Gasteiger partial charge on any atom is -0.354 e. The summed E-state index contributed by atoms with van der Waals surface area (Å²) in [6, 6.07) is 15.9. The van der Waals surface area contributed by atoms with Crippen LogP contribution < -0.4 is 10.6 Å². The van der Waals surface area contributed by atoms with E-state index in [2.05, 4.69) is 15.6 Å². The number of hydrogen-bond donors (Lipinski definition) is 2. The van der Waals surface area contributed by atoms with Crippen molar-refractivity contribution in [3.8, 4) is 0 Å². The minimum absolute atomic E-state index is 0.0491. The molecule has 0 fully saturated rings. The topological polar surface area (TPSA) is 56.7 Å². The SMILES string of the molecule is CN(C)C(=NCc1ccccc1)NCCNC(=O)c1ccccc1F. The van der Waals surface area contributed by atoms with Crippen molar-refractivity contribution in [1.29, 1.82) is 0 Å². The number of nitrogens with zero attached hydrogens (tertiary/aromatic N) is 2. The van der Waals surface area contributed by atoms with E-state index in [1.165, 1.54) is 12.1 Å². The van der Waals surface area contributed by atoms with E-state index in [1.54, 1.807) is 12.1 Å². The summed E-state index contributed by atoms with van der Waals surface area (Å²) in [4.78, 5) is 18.4. The summed E-state index contributed by atoms with van der Waals surface area (Å²) >= 11 is 0. The van der Waals surface area contributed by atoms with Crippen molar-refractivity contribution in [3.63, 3.8) is 0 Å². The van der Waals surface area contributed by atoms with Crippen molar-refractivity contribution in [2.24, 2.45) is 4.99 Å². The van der Waals surface area contributed by atoms with Crippen LogP contribution in [0.25, 0.3) is 0 Å². The normalized spacial score (nSPS) is 11.1. The highest BCUT2D eigenvalue weighted by Crippen LogP contribution is 2.05. The van der Waals surface area contributed by atoms with E-state index in [1.807, 2.05) is 49.3 Å². The quantitative estimate of drug-likeness (QED) is 0.481. The number of rotatable bonds is 6. The second kappa shape index (κ2) is 9.42. The van der Waals surface area contributed by atoms with Crippen LogP contribution in [0.5, 0.6) is 0 Å². The van der Waals surface area contributed by atoms with Gasteiger partial charge in [0.2, 0.25) is 0 Å². The monoisotopic (exact) mass is 342 g/mol. The summed E-state index contributed by atoms with van der Waals surface area (Å²) in [5.41, 5.74) is 1.17. The highest BCUT2D eigenvalue weighted by molar-refractivity contribution is 5.94. The zero-order valence-electron chi connectivity index (χ0n) is 14.5. The molecule has 2 aromatic rings. The van der Waals surface area contributed by atoms with Gasteiger partial charge in [-0.25, -0.2) is 9.38 Å². The Bertz CT molecular complexity index is 716. The Morgan fingerprint density at radius 1 is 1.00 bits per heavy atom. The number of aliphatic imine (C=N–C) groups is 1. The van der Waals surface area contributed by atoms with E-state index in [4.69, 9.17) is 0 Å². The van der Waals surface area contributed by atoms with Crippen molar-refractivity contribution >= 4 is 11.9 Å². The molecule has 2 aromatic carbocycles. The maximum atomic E-state index is 13.5. The highest BCUT2D eigenvalue weighted by Gasteiger charge is 2.09. The van der Waals surface area contributed by atoms with Crippen LogP contribution in [0.4, 0.5) is 4.39 Å². The summed E-state index contributed by atoms with van der Waals surface area (Å²) in [6.07, 6.45) is 0. The van der Waals surface area contributed by atoms with Crippen LogP contribution in [0.15, 0.2) is 59.6 Å². The van der Waals surface area contributed by atoms with E-state index in [0.717, 1.165) is 11.5 Å². The average molecular weight is 342 g/mol. The molecule has 0 heterocycles. The Hall–Kier alpha value is -2.89.